The standard InChI is InChI=1S/C16H22FNO3/c1-4-20-15(19)16(18-3)8-7-12(10-16)21-14-9-11(2)5-6-13(14)17/h5-6,9,12,18H,4,7-8,10H2,1-3H3. The second kappa shape index (κ2) is 6.43. The summed E-state index contributed by atoms with van der Waals surface area (Å²) < 4.78 is 24.6. The Balaban J connectivity index is 2.07. The van der Waals surface area contributed by atoms with Crippen LogP contribution in [0.5, 0.6) is 5.75 Å². The van der Waals surface area contributed by atoms with Gasteiger partial charge in [-0.1, -0.05) is 6.07 Å². The molecule has 116 valence electrons. The molecule has 1 aromatic carbocycles. The number of ether oxygens (including phenoxy) is 2. The van der Waals surface area contributed by atoms with Crippen LogP contribution in [0.1, 0.15) is 31.7 Å². The molecule has 1 aromatic rings. The maximum atomic E-state index is 13.7. The van der Waals surface area contributed by atoms with Crippen molar-refractivity contribution in [2.75, 3.05) is 13.7 Å². The van der Waals surface area contributed by atoms with Gasteiger partial charge in [0.15, 0.2) is 11.6 Å². The average molecular weight is 295 g/mol. The van der Waals surface area contributed by atoms with E-state index in [1.807, 2.05) is 6.92 Å². The summed E-state index contributed by atoms with van der Waals surface area (Å²) in [6.07, 6.45) is 1.60. The van der Waals surface area contributed by atoms with Crippen LogP contribution in [0.2, 0.25) is 0 Å². The van der Waals surface area contributed by atoms with Gasteiger partial charge in [0.1, 0.15) is 11.6 Å². The number of nitrogens with one attached hydrogen (secondary N) is 1. The molecule has 0 aromatic heterocycles. The summed E-state index contributed by atoms with van der Waals surface area (Å²) >= 11 is 0. The number of esters is 1. The molecule has 4 nitrogen and oxygen atoms in total. The minimum atomic E-state index is -0.721. The number of carbonyl (C=O) groups is 1. The van der Waals surface area contributed by atoms with Crippen LogP contribution >= 0.6 is 0 Å². The highest BCUT2D eigenvalue weighted by atomic mass is 19.1. The largest absolute Gasteiger partial charge is 0.487 e. The summed E-state index contributed by atoms with van der Waals surface area (Å²) in [5, 5.41) is 3.06. The minimum Gasteiger partial charge on any atom is -0.487 e. The predicted molar refractivity (Wildman–Crippen MR) is 77.8 cm³/mol. The number of rotatable bonds is 5. The van der Waals surface area contributed by atoms with Gasteiger partial charge in [-0.25, -0.2) is 4.39 Å². The summed E-state index contributed by atoms with van der Waals surface area (Å²) in [5.74, 6) is -0.391. The first-order valence-electron chi connectivity index (χ1n) is 7.29. The maximum absolute atomic E-state index is 13.7. The lowest BCUT2D eigenvalue weighted by atomic mass is 9.98. The molecule has 5 heteroatoms. The van der Waals surface area contributed by atoms with Crippen molar-refractivity contribution in [3.63, 3.8) is 0 Å². The van der Waals surface area contributed by atoms with Crippen LogP contribution in [0.4, 0.5) is 4.39 Å². The van der Waals surface area contributed by atoms with Crippen molar-refractivity contribution >= 4 is 5.97 Å². The van der Waals surface area contributed by atoms with Crippen LogP contribution in [-0.2, 0) is 9.53 Å². The highest BCUT2D eigenvalue weighted by Crippen LogP contribution is 2.34. The average Bonchev–Trinajstić information content (AvgIpc) is 2.88. The number of aryl methyl sites for hydroxylation is 1. The van der Waals surface area contributed by atoms with E-state index in [0.29, 0.717) is 25.9 Å². The van der Waals surface area contributed by atoms with Crippen LogP contribution in [0.3, 0.4) is 0 Å². The molecule has 1 aliphatic carbocycles. The molecule has 1 saturated carbocycles. The molecule has 0 heterocycles. The lowest BCUT2D eigenvalue weighted by molar-refractivity contribution is -0.151. The van der Waals surface area contributed by atoms with E-state index in [0.717, 1.165) is 5.56 Å². The van der Waals surface area contributed by atoms with Gasteiger partial charge in [0, 0.05) is 6.42 Å². The molecule has 2 unspecified atom stereocenters. The van der Waals surface area contributed by atoms with E-state index in [9.17, 15) is 9.18 Å². The number of benzene rings is 1. The van der Waals surface area contributed by atoms with Crippen LogP contribution in [0.25, 0.3) is 0 Å². The second-order valence-electron chi connectivity index (χ2n) is 5.47. The Morgan fingerprint density at radius 2 is 2.29 bits per heavy atom. The molecule has 0 radical (unpaired) electrons. The van der Waals surface area contributed by atoms with Gasteiger partial charge in [0.05, 0.1) is 6.61 Å². The summed E-state index contributed by atoms with van der Waals surface area (Å²) in [6, 6.07) is 4.78. The summed E-state index contributed by atoms with van der Waals surface area (Å²) in [4.78, 5) is 12.1. The first kappa shape index (κ1) is 15.8. The van der Waals surface area contributed by atoms with E-state index in [1.54, 1.807) is 26.1 Å². The van der Waals surface area contributed by atoms with Crippen LogP contribution in [0, 0.1) is 12.7 Å². The Hall–Kier alpha value is -1.62. The highest BCUT2D eigenvalue weighted by molar-refractivity contribution is 5.81. The van der Waals surface area contributed by atoms with E-state index < -0.39 is 5.54 Å². The van der Waals surface area contributed by atoms with Gasteiger partial charge in [0.2, 0.25) is 0 Å². The topological polar surface area (TPSA) is 47.6 Å². The van der Waals surface area contributed by atoms with Gasteiger partial charge in [0.25, 0.3) is 0 Å². The van der Waals surface area contributed by atoms with Crippen LogP contribution in [-0.4, -0.2) is 31.3 Å². The molecule has 21 heavy (non-hydrogen) atoms. The summed E-state index contributed by atoms with van der Waals surface area (Å²) in [6.45, 7) is 4.02. The first-order chi connectivity index (χ1) is 10.0. The molecule has 0 saturated heterocycles. The van der Waals surface area contributed by atoms with Crippen molar-refractivity contribution in [3.05, 3.63) is 29.6 Å². The Labute approximate surface area is 124 Å². The number of hydrogen-bond acceptors (Lipinski definition) is 4. The van der Waals surface area contributed by atoms with Crippen molar-refractivity contribution in [2.45, 2.75) is 44.8 Å². The van der Waals surface area contributed by atoms with E-state index >= 15 is 0 Å². The third-order valence-electron chi connectivity index (χ3n) is 3.99. The Bertz CT molecular complexity index is 520. The van der Waals surface area contributed by atoms with E-state index in [2.05, 4.69) is 5.32 Å². The molecular formula is C16H22FNO3. The zero-order valence-corrected chi connectivity index (χ0v) is 12.7. The van der Waals surface area contributed by atoms with Crippen molar-refractivity contribution in [1.82, 2.24) is 5.32 Å². The normalized spacial score (nSPS) is 24.9. The monoisotopic (exact) mass is 295 g/mol. The maximum Gasteiger partial charge on any atom is 0.326 e. The molecule has 0 amide bonds. The lowest BCUT2D eigenvalue weighted by Crippen LogP contribution is -2.49. The molecule has 1 aliphatic rings. The van der Waals surface area contributed by atoms with Gasteiger partial charge < -0.3 is 14.8 Å². The number of carbonyl (C=O) groups excluding carboxylic acids is 1. The quantitative estimate of drug-likeness (QED) is 0.848. The van der Waals surface area contributed by atoms with Crippen molar-refractivity contribution in [3.8, 4) is 5.75 Å². The number of hydrogen-bond donors (Lipinski definition) is 1. The predicted octanol–water partition coefficient (Wildman–Crippen LogP) is 2.59. The van der Waals surface area contributed by atoms with E-state index in [-0.39, 0.29) is 23.6 Å². The summed E-state index contributed by atoms with van der Waals surface area (Å²) in [7, 11) is 1.74. The Kier molecular flexibility index (Phi) is 4.83. The fourth-order valence-electron chi connectivity index (χ4n) is 2.76. The molecule has 2 atom stereocenters. The molecule has 2 rings (SSSR count). The highest BCUT2D eigenvalue weighted by Gasteiger charge is 2.46. The molecule has 1 fully saturated rings. The van der Waals surface area contributed by atoms with Crippen LogP contribution in [0.15, 0.2) is 18.2 Å². The van der Waals surface area contributed by atoms with Crippen molar-refractivity contribution in [2.24, 2.45) is 0 Å². The smallest absolute Gasteiger partial charge is 0.326 e. The number of likely N-dealkylation sites (N-methyl/N-ethyl adjacent to an activating group) is 1. The lowest BCUT2D eigenvalue weighted by Gasteiger charge is -2.26. The molecule has 0 spiro atoms. The molecule has 0 bridgehead atoms. The number of halogens is 1. The van der Waals surface area contributed by atoms with Crippen molar-refractivity contribution < 1.29 is 18.7 Å². The van der Waals surface area contributed by atoms with Gasteiger partial charge in [-0.3, -0.25) is 4.79 Å². The molecule has 0 aliphatic heterocycles. The minimum absolute atomic E-state index is 0.196. The fourth-order valence-corrected chi connectivity index (χ4v) is 2.76. The second-order valence-corrected chi connectivity index (χ2v) is 5.47. The van der Waals surface area contributed by atoms with Gasteiger partial charge in [-0.15, -0.1) is 0 Å². The SMILES string of the molecule is CCOC(=O)C1(NC)CCC(Oc2cc(C)ccc2F)C1. The fraction of sp³-hybridized carbons (Fsp3) is 0.562. The van der Waals surface area contributed by atoms with Crippen molar-refractivity contribution in [1.29, 1.82) is 0 Å². The van der Waals surface area contributed by atoms with Gasteiger partial charge in [-0.2, -0.15) is 0 Å². The first-order valence-corrected chi connectivity index (χ1v) is 7.29. The summed E-state index contributed by atoms with van der Waals surface area (Å²) in [5.41, 5.74) is 0.218. The van der Waals surface area contributed by atoms with Crippen LogP contribution < -0.4 is 10.1 Å². The van der Waals surface area contributed by atoms with Gasteiger partial charge >= 0.3 is 5.97 Å². The third-order valence-corrected chi connectivity index (χ3v) is 3.99. The zero-order valence-electron chi connectivity index (χ0n) is 12.7. The van der Waals surface area contributed by atoms with E-state index in [1.165, 1.54) is 6.07 Å². The zero-order chi connectivity index (χ0) is 15.5. The van der Waals surface area contributed by atoms with E-state index in [4.69, 9.17) is 9.47 Å². The molecule has 1 N–H and O–H groups in total. The Morgan fingerprint density at radius 1 is 1.52 bits per heavy atom. The third kappa shape index (κ3) is 3.35. The van der Waals surface area contributed by atoms with Gasteiger partial charge in [-0.05, 0) is 51.4 Å². The molecular weight excluding hydrogens is 273 g/mol. The Morgan fingerprint density at radius 3 is 2.95 bits per heavy atom.